The van der Waals surface area contributed by atoms with E-state index in [4.69, 9.17) is 4.74 Å². The number of carbonyl (C=O) groups is 1. The average molecular weight is 220 g/mol. The molecule has 1 rings (SSSR count). The Morgan fingerprint density at radius 3 is 2.19 bits per heavy atom. The fourth-order valence-corrected chi connectivity index (χ4v) is 1.99. The Bertz CT molecular complexity index is 318. The third-order valence-corrected chi connectivity index (χ3v) is 3.25. The van der Waals surface area contributed by atoms with Gasteiger partial charge in [-0.05, 0) is 18.4 Å². The van der Waals surface area contributed by atoms with E-state index in [1.807, 2.05) is 44.2 Å². The van der Waals surface area contributed by atoms with Crippen molar-refractivity contribution in [2.45, 2.75) is 38.7 Å². The number of rotatable bonds is 6. The highest BCUT2D eigenvalue weighted by Gasteiger charge is 2.33. The Morgan fingerprint density at radius 1 is 1.19 bits per heavy atom. The molecule has 0 radical (unpaired) electrons. The van der Waals surface area contributed by atoms with Gasteiger partial charge in [-0.1, -0.05) is 44.2 Å². The number of ketones is 1. The van der Waals surface area contributed by atoms with Gasteiger partial charge >= 0.3 is 0 Å². The molecule has 0 aliphatic carbocycles. The number of methoxy groups -OCH3 is 1. The molecule has 2 heteroatoms. The van der Waals surface area contributed by atoms with Gasteiger partial charge in [-0.15, -0.1) is 0 Å². The molecular formula is C14H20O2. The van der Waals surface area contributed by atoms with Crippen LogP contribution in [0.2, 0.25) is 0 Å². The number of Topliss-reactive ketones (excluding diaryl/α,β-unsaturated/α-hetero) is 1. The maximum atomic E-state index is 12.2. The van der Waals surface area contributed by atoms with Crippen LogP contribution in [0.5, 0.6) is 0 Å². The summed E-state index contributed by atoms with van der Waals surface area (Å²) < 4.78 is 5.42. The van der Waals surface area contributed by atoms with Gasteiger partial charge in [0.1, 0.15) is 5.60 Å². The fourth-order valence-electron chi connectivity index (χ4n) is 1.99. The molecule has 0 heterocycles. The number of ether oxygens (including phenoxy) is 1. The van der Waals surface area contributed by atoms with E-state index in [9.17, 15) is 4.79 Å². The fraction of sp³-hybridized carbons (Fsp3) is 0.500. The van der Waals surface area contributed by atoms with Crippen LogP contribution in [0.1, 0.15) is 32.3 Å². The summed E-state index contributed by atoms with van der Waals surface area (Å²) >= 11 is 0. The van der Waals surface area contributed by atoms with Crippen LogP contribution < -0.4 is 0 Å². The van der Waals surface area contributed by atoms with Crippen molar-refractivity contribution in [1.82, 2.24) is 0 Å². The van der Waals surface area contributed by atoms with Gasteiger partial charge in [0.15, 0.2) is 5.78 Å². The van der Waals surface area contributed by atoms with Crippen molar-refractivity contribution in [3.8, 4) is 0 Å². The molecule has 0 fully saturated rings. The zero-order valence-corrected chi connectivity index (χ0v) is 10.3. The Labute approximate surface area is 97.6 Å². The summed E-state index contributed by atoms with van der Waals surface area (Å²) in [5.74, 6) is 0.172. The average Bonchev–Trinajstić information content (AvgIpc) is 2.33. The summed E-state index contributed by atoms with van der Waals surface area (Å²) in [7, 11) is 1.62. The number of carbonyl (C=O) groups excluding carboxylic acids is 1. The summed E-state index contributed by atoms with van der Waals surface area (Å²) in [4.78, 5) is 12.2. The molecule has 0 saturated carbocycles. The molecule has 0 saturated heterocycles. The molecule has 0 bridgehead atoms. The van der Waals surface area contributed by atoms with Crippen LogP contribution in [-0.4, -0.2) is 18.5 Å². The first kappa shape index (κ1) is 12.9. The Hall–Kier alpha value is -1.15. The topological polar surface area (TPSA) is 26.3 Å². The molecule has 0 amide bonds. The van der Waals surface area contributed by atoms with Crippen molar-refractivity contribution in [2.24, 2.45) is 0 Å². The lowest BCUT2D eigenvalue weighted by Gasteiger charge is -2.28. The highest BCUT2D eigenvalue weighted by atomic mass is 16.5. The summed E-state index contributed by atoms with van der Waals surface area (Å²) in [6.07, 6.45) is 1.91. The molecule has 1 aromatic rings. The van der Waals surface area contributed by atoms with Gasteiger partial charge in [0.25, 0.3) is 0 Å². The SMILES string of the molecule is CCC(CC)(OC)C(=O)Cc1ccccc1. The minimum atomic E-state index is -0.601. The lowest BCUT2D eigenvalue weighted by atomic mass is 9.88. The molecule has 0 N–H and O–H groups in total. The highest BCUT2D eigenvalue weighted by Crippen LogP contribution is 2.22. The minimum absolute atomic E-state index is 0.172. The van der Waals surface area contributed by atoms with Gasteiger partial charge in [0.2, 0.25) is 0 Å². The summed E-state index contributed by atoms with van der Waals surface area (Å²) in [6.45, 7) is 3.99. The Morgan fingerprint density at radius 2 is 1.75 bits per heavy atom. The first-order chi connectivity index (χ1) is 7.68. The van der Waals surface area contributed by atoms with E-state index < -0.39 is 5.60 Å². The van der Waals surface area contributed by atoms with E-state index >= 15 is 0 Å². The molecule has 0 spiro atoms. The first-order valence-corrected chi connectivity index (χ1v) is 5.81. The van der Waals surface area contributed by atoms with Crippen LogP contribution in [0.4, 0.5) is 0 Å². The van der Waals surface area contributed by atoms with E-state index in [1.165, 1.54) is 0 Å². The van der Waals surface area contributed by atoms with Crippen LogP contribution in [0.25, 0.3) is 0 Å². The second kappa shape index (κ2) is 5.80. The lowest BCUT2D eigenvalue weighted by molar-refractivity contribution is -0.141. The zero-order valence-electron chi connectivity index (χ0n) is 10.3. The molecule has 1 aromatic carbocycles. The maximum absolute atomic E-state index is 12.2. The van der Waals surface area contributed by atoms with Crippen LogP contribution in [0, 0.1) is 0 Å². The molecule has 0 unspecified atom stereocenters. The molecule has 0 aliphatic rings. The maximum Gasteiger partial charge on any atom is 0.168 e. The molecular weight excluding hydrogens is 200 g/mol. The first-order valence-electron chi connectivity index (χ1n) is 5.81. The molecule has 0 aliphatic heterocycles. The van der Waals surface area contributed by atoms with Gasteiger partial charge in [0, 0.05) is 13.5 Å². The Balaban J connectivity index is 2.78. The largest absolute Gasteiger partial charge is 0.370 e. The predicted molar refractivity (Wildman–Crippen MR) is 65.5 cm³/mol. The van der Waals surface area contributed by atoms with Gasteiger partial charge in [-0.2, -0.15) is 0 Å². The van der Waals surface area contributed by atoms with E-state index in [-0.39, 0.29) is 5.78 Å². The number of benzene rings is 1. The quantitative estimate of drug-likeness (QED) is 0.736. The van der Waals surface area contributed by atoms with Crippen molar-refractivity contribution in [3.63, 3.8) is 0 Å². The predicted octanol–water partition coefficient (Wildman–Crippen LogP) is 3.00. The molecule has 0 atom stereocenters. The number of hydrogen-bond donors (Lipinski definition) is 0. The minimum Gasteiger partial charge on any atom is -0.370 e. The van der Waals surface area contributed by atoms with Crippen LogP contribution >= 0.6 is 0 Å². The summed E-state index contributed by atoms with van der Waals surface area (Å²) in [5.41, 5.74) is 0.450. The van der Waals surface area contributed by atoms with E-state index in [1.54, 1.807) is 7.11 Å². The summed E-state index contributed by atoms with van der Waals surface area (Å²) in [6, 6.07) is 9.81. The molecule has 2 nitrogen and oxygen atoms in total. The van der Waals surface area contributed by atoms with Crippen molar-refractivity contribution < 1.29 is 9.53 Å². The van der Waals surface area contributed by atoms with Gasteiger partial charge < -0.3 is 4.74 Å². The third kappa shape index (κ3) is 2.70. The molecule has 88 valence electrons. The normalized spacial score (nSPS) is 11.4. The zero-order chi connectivity index (χ0) is 12.0. The molecule has 0 aromatic heterocycles. The molecule has 16 heavy (non-hydrogen) atoms. The van der Waals surface area contributed by atoms with Crippen LogP contribution in [-0.2, 0) is 16.0 Å². The van der Waals surface area contributed by atoms with Crippen molar-refractivity contribution in [1.29, 1.82) is 0 Å². The van der Waals surface area contributed by atoms with E-state index in [2.05, 4.69) is 0 Å². The summed E-state index contributed by atoms with van der Waals surface area (Å²) in [5, 5.41) is 0. The second-order valence-electron chi connectivity index (χ2n) is 3.99. The van der Waals surface area contributed by atoms with Crippen LogP contribution in [0.15, 0.2) is 30.3 Å². The van der Waals surface area contributed by atoms with Crippen molar-refractivity contribution in [3.05, 3.63) is 35.9 Å². The van der Waals surface area contributed by atoms with Crippen LogP contribution in [0.3, 0.4) is 0 Å². The second-order valence-corrected chi connectivity index (χ2v) is 3.99. The van der Waals surface area contributed by atoms with E-state index in [0.717, 1.165) is 18.4 Å². The lowest BCUT2D eigenvalue weighted by Crippen LogP contribution is -2.40. The number of hydrogen-bond acceptors (Lipinski definition) is 2. The van der Waals surface area contributed by atoms with Crippen molar-refractivity contribution in [2.75, 3.05) is 7.11 Å². The van der Waals surface area contributed by atoms with Gasteiger partial charge in [-0.25, -0.2) is 0 Å². The monoisotopic (exact) mass is 220 g/mol. The highest BCUT2D eigenvalue weighted by molar-refractivity contribution is 5.89. The third-order valence-electron chi connectivity index (χ3n) is 3.25. The van der Waals surface area contributed by atoms with Crippen molar-refractivity contribution >= 4 is 5.78 Å². The van der Waals surface area contributed by atoms with E-state index in [0.29, 0.717) is 6.42 Å². The smallest absolute Gasteiger partial charge is 0.168 e. The van der Waals surface area contributed by atoms with Gasteiger partial charge in [-0.3, -0.25) is 4.79 Å². The Kier molecular flexibility index (Phi) is 4.69. The standard InChI is InChI=1S/C14H20O2/c1-4-14(5-2,16-3)13(15)11-12-9-7-6-8-10-12/h6-10H,4-5,11H2,1-3H3. The van der Waals surface area contributed by atoms with Gasteiger partial charge in [0.05, 0.1) is 0 Å².